The zero-order chi connectivity index (χ0) is 32.4. The third kappa shape index (κ3) is 3.47. The van der Waals surface area contributed by atoms with E-state index in [1.807, 2.05) is 12.2 Å². The lowest BCUT2D eigenvalue weighted by molar-refractivity contribution is 1.31. The van der Waals surface area contributed by atoms with Gasteiger partial charge >= 0.3 is 0 Å². The van der Waals surface area contributed by atoms with E-state index < -0.39 is 0 Å². The molecule has 1 nitrogen and oxygen atoms in total. The van der Waals surface area contributed by atoms with E-state index >= 15 is 0 Å². The minimum absolute atomic E-state index is 0.132. The predicted octanol–water partition coefficient (Wildman–Crippen LogP) is 7.40. The minimum atomic E-state index is 0.132. The average molecular weight is 617 g/mol. The van der Waals surface area contributed by atoms with Gasteiger partial charge in [-0.25, -0.2) is 0 Å². The van der Waals surface area contributed by atoms with Crippen molar-refractivity contribution in [2.45, 2.75) is 0 Å². The van der Waals surface area contributed by atoms with E-state index in [9.17, 15) is 0 Å². The van der Waals surface area contributed by atoms with E-state index in [4.69, 9.17) is 0 Å². The Morgan fingerprint density at radius 3 is 1.69 bits per heavy atom. The Balaban J connectivity index is 1.26. The highest BCUT2D eigenvalue weighted by Crippen LogP contribution is 2.46. The molecule has 7 aromatic carbocycles. The highest BCUT2D eigenvalue weighted by Gasteiger charge is 2.50. The summed E-state index contributed by atoms with van der Waals surface area (Å²) in [6.45, 7) is 8.30. The van der Waals surface area contributed by atoms with Crippen LogP contribution in [0.1, 0.15) is 11.1 Å². The highest BCUT2D eigenvalue weighted by atomic mass is 15.2. The molecule has 4 aliphatic rings. The lowest BCUT2D eigenvalue weighted by atomic mass is 9.32. The Labute approximate surface area is 287 Å². The lowest BCUT2D eigenvalue weighted by Gasteiger charge is -2.43. The molecule has 0 unspecified atom stereocenters. The Hall–Kier alpha value is -6.05. The molecule has 0 saturated carbocycles. The van der Waals surface area contributed by atoms with E-state index in [-0.39, 0.29) is 13.4 Å². The van der Waals surface area contributed by atoms with Crippen LogP contribution in [-0.4, -0.2) is 13.4 Å². The molecule has 0 saturated heterocycles. The van der Waals surface area contributed by atoms with Gasteiger partial charge in [0.1, 0.15) is 0 Å². The molecule has 49 heavy (non-hydrogen) atoms. The summed E-state index contributed by atoms with van der Waals surface area (Å²) in [7, 11) is 0. The van der Waals surface area contributed by atoms with Gasteiger partial charge in [-0.05, 0) is 89.6 Å². The summed E-state index contributed by atoms with van der Waals surface area (Å²) in [5.74, 6) is 0. The number of fused-ring (bicyclic) bond motifs is 10. The maximum atomic E-state index is 4.00. The zero-order valence-electron chi connectivity index (χ0n) is 26.9. The number of hydrogen-bond donors (Lipinski definition) is 0. The van der Waals surface area contributed by atoms with Crippen LogP contribution in [0.3, 0.4) is 0 Å². The van der Waals surface area contributed by atoms with Crippen molar-refractivity contribution in [1.82, 2.24) is 0 Å². The van der Waals surface area contributed by atoms with Gasteiger partial charge in [0.25, 0.3) is 0 Å². The second-order valence-corrected chi connectivity index (χ2v) is 13.7. The van der Waals surface area contributed by atoms with Crippen molar-refractivity contribution in [2.75, 3.05) is 4.90 Å². The summed E-state index contributed by atoms with van der Waals surface area (Å²) in [5.41, 5.74) is 25.0. The number of rotatable bonds is 4. The van der Waals surface area contributed by atoms with Crippen LogP contribution >= 0.6 is 0 Å². The van der Waals surface area contributed by atoms with Gasteiger partial charge in [0.15, 0.2) is 0 Å². The van der Waals surface area contributed by atoms with E-state index in [0.29, 0.717) is 0 Å². The van der Waals surface area contributed by atoms with Gasteiger partial charge < -0.3 is 4.90 Å². The van der Waals surface area contributed by atoms with Gasteiger partial charge in [-0.1, -0.05) is 164 Å². The third-order valence-electron chi connectivity index (χ3n) is 11.4. The quantitative estimate of drug-likeness (QED) is 0.186. The van der Waals surface area contributed by atoms with Gasteiger partial charge in [0, 0.05) is 17.1 Å². The first-order valence-electron chi connectivity index (χ1n) is 17.2. The molecule has 0 spiro atoms. The predicted molar refractivity (Wildman–Crippen MR) is 212 cm³/mol. The summed E-state index contributed by atoms with van der Waals surface area (Å²) in [4.78, 5) is 2.61. The fourth-order valence-electron chi connectivity index (χ4n) is 9.37. The SMILES string of the molecule is C=Cc1ccc(-c2cc3c4c(c2)B2c5ccccc5-c5c(-c6ccc(C=C)cc6)ccc(c52)N4c2cccc4c2B3c2ccccc2-4)cc1. The molecule has 0 aliphatic carbocycles. The molecule has 0 bridgehead atoms. The number of benzene rings is 7. The molecule has 3 heteroatoms. The van der Waals surface area contributed by atoms with Gasteiger partial charge in [0.2, 0.25) is 13.4 Å². The lowest BCUT2D eigenvalue weighted by Crippen LogP contribution is -2.63. The van der Waals surface area contributed by atoms with Gasteiger partial charge in [-0.2, -0.15) is 0 Å². The fourth-order valence-corrected chi connectivity index (χ4v) is 9.37. The van der Waals surface area contributed by atoms with Crippen molar-refractivity contribution in [2.24, 2.45) is 0 Å². The molecule has 4 heterocycles. The summed E-state index contributed by atoms with van der Waals surface area (Å²) in [5, 5.41) is 0. The van der Waals surface area contributed by atoms with Crippen LogP contribution in [0.4, 0.5) is 17.1 Å². The molecular formula is C46H29B2N. The van der Waals surface area contributed by atoms with Crippen molar-refractivity contribution in [1.29, 1.82) is 0 Å². The molecule has 0 radical (unpaired) electrons. The smallest absolute Gasteiger partial charge is 0.248 e. The van der Waals surface area contributed by atoms with Crippen molar-refractivity contribution >= 4 is 75.4 Å². The topological polar surface area (TPSA) is 3.24 Å². The summed E-state index contributed by atoms with van der Waals surface area (Å²) in [6, 6.07) is 52.5. The van der Waals surface area contributed by atoms with Gasteiger partial charge in [-0.3, -0.25) is 0 Å². The maximum Gasteiger partial charge on any atom is 0.248 e. The van der Waals surface area contributed by atoms with Crippen LogP contribution in [0.15, 0.2) is 153 Å². The summed E-state index contributed by atoms with van der Waals surface area (Å²) in [6.07, 6.45) is 3.83. The van der Waals surface area contributed by atoms with E-state index in [0.717, 1.165) is 11.1 Å². The van der Waals surface area contributed by atoms with Crippen LogP contribution in [0.2, 0.25) is 0 Å². The van der Waals surface area contributed by atoms with E-state index in [2.05, 4.69) is 158 Å². The molecule has 0 fully saturated rings. The van der Waals surface area contributed by atoms with Crippen LogP contribution in [0.5, 0.6) is 0 Å². The second-order valence-electron chi connectivity index (χ2n) is 13.7. The van der Waals surface area contributed by atoms with Crippen molar-refractivity contribution in [3.63, 3.8) is 0 Å². The Bertz CT molecular complexity index is 2600. The van der Waals surface area contributed by atoms with E-state index in [1.54, 1.807) is 0 Å². The van der Waals surface area contributed by atoms with Crippen LogP contribution < -0.4 is 37.7 Å². The standard InChI is InChI=1S/C46H29B2N/c1-3-28-16-20-30(21-17-28)32-26-39-46-40(27-32)48-38-14-8-6-11-36(38)43-33(31-22-18-29(4-2)19-23-31)24-25-42(45(43)48)49(46)41-15-9-12-35-34-10-5-7-13-37(34)47(39)44(35)41/h3-27H,1-2H2. The second kappa shape index (κ2) is 9.75. The summed E-state index contributed by atoms with van der Waals surface area (Å²) >= 11 is 0. The monoisotopic (exact) mass is 617 g/mol. The van der Waals surface area contributed by atoms with Crippen molar-refractivity contribution in [3.8, 4) is 44.5 Å². The third-order valence-corrected chi connectivity index (χ3v) is 11.4. The molecule has 4 aliphatic heterocycles. The largest absolute Gasteiger partial charge is 0.312 e. The van der Waals surface area contributed by atoms with Crippen molar-refractivity contribution < 1.29 is 0 Å². The highest BCUT2D eigenvalue weighted by molar-refractivity contribution is 7.05. The molecule has 11 rings (SSSR count). The average Bonchev–Trinajstić information content (AvgIpc) is 3.70. The van der Waals surface area contributed by atoms with Gasteiger partial charge in [-0.15, -0.1) is 0 Å². The first kappa shape index (κ1) is 27.0. The Morgan fingerprint density at radius 2 is 1.00 bits per heavy atom. The molecule has 0 N–H and O–H groups in total. The van der Waals surface area contributed by atoms with Gasteiger partial charge in [0.05, 0.1) is 0 Å². The molecule has 0 atom stereocenters. The fraction of sp³-hybridized carbons (Fsp3) is 0. The Morgan fingerprint density at radius 1 is 0.429 bits per heavy atom. The normalized spacial score (nSPS) is 13.3. The first-order chi connectivity index (χ1) is 24.2. The number of anilines is 3. The molecule has 7 aromatic rings. The van der Waals surface area contributed by atoms with Crippen molar-refractivity contribution in [3.05, 3.63) is 164 Å². The number of hydrogen-bond acceptors (Lipinski definition) is 1. The van der Waals surface area contributed by atoms with Crippen LogP contribution in [-0.2, 0) is 0 Å². The molecule has 224 valence electrons. The first-order valence-corrected chi connectivity index (χ1v) is 17.2. The molecule has 0 aromatic heterocycles. The summed E-state index contributed by atoms with van der Waals surface area (Å²) < 4.78 is 0. The Kier molecular flexibility index (Phi) is 5.36. The van der Waals surface area contributed by atoms with Crippen LogP contribution in [0.25, 0.3) is 56.7 Å². The maximum absolute atomic E-state index is 4.00. The number of nitrogens with zero attached hydrogens (tertiary/aromatic N) is 1. The molecular weight excluding hydrogens is 588 g/mol. The van der Waals surface area contributed by atoms with Crippen LogP contribution in [0, 0.1) is 0 Å². The van der Waals surface area contributed by atoms with E-state index in [1.165, 1.54) is 94.3 Å². The zero-order valence-corrected chi connectivity index (χ0v) is 26.9. The minimum Gasteiger partial charge on any atom is -0.312 e. The molecule has 0 amide bonds.